The molecule has 1 unspecified atom stereocenters. The summed E-state index contributed by atoms with van der Waals surface area (Å²) in [4.78, 5) is 24.6. The molecule has 0 aliphatic carbocycles. The number of aliphatic hydroxyl groups is 1. The monoisotopic (exact) mass is 665 g/mol. The summed E-state index contributed by atoms with van der Waals surface area (Å²) in [6.45, 7) is 4.88. The second kappa shape index (κ2) is 13.1. The highest BCUT2D eigenvalue weighted by molar-refractivity contribution is 7.13. The number of rotatable bonds is 10. The van der Waals surface area contributed by atoms with Crippen molar-refractivity contribution in [1.29, 1.82) is 0 Å². The van der Waals surface area contributed by atoms with Gasteiger partial charge in [0, 0.05) is 60.5 Å². The van der Waals surface area contributed by atoms with Crippen LogP contribution in [-0.4, -0.2) is 78.7 Å². The molecule has 14 heteroatoms. The number of aliphatic hydroxyl groups excluding tert-OH is 1. The van der Waals surface area contributed by atoms with Crippen molar-refractivity contribution >= 4 is 33.3 Å². The number of hydrogen-bond donors (Lipinski definition) is 2. The Morgan fingerprint density at radius 1 is 1.19 bits per heavy atom. The molecule has 0 spiro atoms. The van der Waals surface area contributed by atoms with Gasteiger partial charge in [0.1, 0.15) is 18.5 Å². The number of carbonyl (C=O) groups excluding carboxylic acids is 1. The molecule has 10 nitrogen and oxygen atoms in total. The number of thiazole rings is 1. The third-order valence-corrected chi connectivity index (χ3v) is 9.65. The van der Waals surface area contributed by atoms with Crippen LogP contribution in [0, 0.1) is 6.92 Å². The van der Waals surface area contributed by atoms with E-state index >= 15 is 0 Å². The predicted octanol–water partition coefficient (Wildman–Crippen LogP) is 5.56. The number of anilines is 1. The molecule has 47 heavy (non-hydrogen) atoms. The number of nitrogens with one attached hydrogen (secondary N) is 1. The summed E-state index contributed by atoms with van der Waals surface area (Å²) in [5.41, 5.74) is 2.98. The van der Waals surface area contributed by atoms with Crippen molar-refractivity contribution in [2.75, 3.05) is 31.6 Å². The molecule has 0 bridgehead atoms. The lowest BCUT2D eigenvalue weighted by Gasteiger charge is -2.29. The maximum absolute atomic E-state index is 14.6. The van der Waals surface area contributed by atoms with Gasteiger partial charge in [0.15, 0.2) is 11.2 Å². The Morgan fingerprint density at radius 2 is 1.98 bits per heavy atom. The number of likely N-dealkylation sites (tertiary alicyclic amines) is 1. The molecule has 1 fully saturated rings. The Kier molecular flexibility index (Phi) is 8.73. The number of benzene rings is 2. The number of piperidine rings is 1. The summed E-state index contributed by atoms with van der Waals surface area (Å²) in [5, 5.41) is 19.5. The zero-order valence-corrected chi connectivity index (χ0v) is 26.5. The molecule has 0 saturated carbocycles. The van der Waals surface area contributed by atoms with Crippen LogP contribution in [0.25, 0.3) is 22.0 Å². The van der Waals surface area contributed by atoms with E-state index in [0.29, 0.717) is 45.5 Å². The first kappa shape index (κ1) is 31.3. The van der Waals surface area contributed by atoms with Gasteiger partial charge in [-0.25, -0.2) is 23.1 Å². The Hall–Kier alpha value is -4.27. The molecule has 2 aliphatic rings. The molecule has 1 amide bonds. The third kappa shape index (κ3) is 6.36. The lowest BCUT2D eigenvalue weighted by atomic mass is 9.95. The summed E-state index contributed by atoms with van der Waals surface area (Å²) in [6.07, 6.45) is 1.99. The van der Waals surface area contributed by atoms with E-state index in [-0.39, 0.29) is 30.0 Å². The summed E-state index contributed by atoms with van der Waals surface area (Å²) in [7, 11) is 0. The highest BCUT2D eigenvalue weighted by Gasteiger charge is 2.35. The molecule has 2 atom stereocenters. The van der Waals surface area contributed by atoms with E-state index in [0.717, 1.165) is 38.0 Å². The van der Waals surface area contributed by atoms with E-state index in [9.17, 15) is 23.1 Å². The Morgan fingerprint density at radius 3 is 2.70 bits per heavy atom. The van der Waals surface area contributed by atoms with Crippen LogP contribution in [0.4, 0.5) is 18.3 Å². The van der Waals surface area contributed by atoms with Crippen LogP contribution in [0.2, 0.25) is 0 Å². The molecule has 3 aromatic heterocycles. The van der Waals surface area contributed by atoms with Gasteiger partial charge in [-0.1, -0.05) is 12.1 Å². The van der Waals surface area contributed by atoms with Gasteiger partial charge >= 0.3 is 0 Å². The number of alkyl halides is 3. The largest absolute Gasteiger partial charge is 0.492 e. The normalized spacial score (nSPS) is 17.8. The van der Waals surface area contributed by atoms with E-state index < -0.39 is 24.5 Å². The fourth-order valence-electron chi connectivity index (χ4n) is 6.47. The lowest BCUT2D eigenvalue weighted by Crippen LogP contribution is -2.38. The van der Waals surface area contributed by atoms with Gasteiger partial charge in [0.05, 0.1) is 30.2 Å². The third-order valence-electron chi connectivity index (χ3n) is 8.96. The van der Waals surface area contributed by atoms with Crippen LogP contribution in [0.3, 0.4) is 0 Å². The average molecular weight is 666 g/mol. The molecule has 5 heterocycles. The van der Waals surface area contributed by atoms with Crippen molar-refractivity contribution in [2.45, 2.75) is 57.5 Å². The Balaban J connectivity index is 1.20. The minimum absolute atomic E-state index is 0.0880. The van der Waals surface area contributed by atoms with Crippen molar-refractivity contribution in [3.05, 3.63) is 76.9 Å². The number of carbonyl (C=O) groups is 1. The lowest BCUT2D eigenvalue weighted by molar-refractivity contribution is -0.118. The van der Waals surface area contributed by atoms with E-state index in [1.807, 2.05) is 31.2 Å². The van der Waals surface area contributed by atoms with Crippen LogP contribution in [0.1, 0.15) is 47.8 Å². The van der Waals surface area contributed by atoms with Gasteiger partial charge in [-0.05, 0) is 54.7 Å². The maximum Gasteiger partial charge on any atom is 0.264 e. The molecular formula is C33H34F3N7O3S. The first-order valence-corrected chi connectivity index (χ1v) is 16.5. The van der Waals surface area contributed by atoms with Crippen molar-refractivity contribution < 1.29 is 27.8 Å². The van der Waals surface area contributed by atoms with Gasteiger partial charge in [-0.2, -0.15) is 5.10 Å². The average Bonchev–Trinajstić information content (AvgIpc) is 3.86. The van der Waals surface area contributed by atoms with Gasteiger partial charge in [0.25, 0.3) is 12.3 Å². The number of amides is 1. The SMILES string of the molecule is Cc1c(-c2ccc(OCCN3CCC(O)CC3)cc2)cc(C(F)F)c2cn(C(C(=O)Nc3nccs3)c3ncn4c3C[C@@H](F)C4)nc12. The molecule has 5 aromatic rings. The number of halogens is 3. The molecule has 2 aliphatic heterocycles. The number of aromatic nitrogens is 5. The first-order valence-electron chi connectivity index (χ1n) is 15.6. The molecule has 1 saturated heterocycles. The quantitative estimate of drug-likeness (QED) is 0.201. The summed E-state index contributed by atoms with van der Waals surface area (Å²) >= 11 is 1.24. The first-order chi connectivity index (χ1) is 22.7. The molecule has 246 valence electrons. The number of hydrogen-bond acceptors (Lipinski definition) is 8. The number of fused-ring (bicyclic) bond motifs is 2. The van der Waals surface area contributed by atoms with Gasteiger partial charge < -0.3 is 14.4 Å². The van der Waals surface area contributed by atoms with Crippen LogP contribution in [0.15, 0.2) is 54.4 Å². The molecule has 2 aromatic carbocycles. The molecule has 2 N–H and O–H groups in total. The molecular weight excluding hydrogens is 631 g/mol. The van der Waals surface area contributed by atoms with E-state index in [1.54, 1.807) is 16.1 Å². The fraction of sp³-hybridized carbons (Fsp3) is 0.394. The minimum Gasteiger partial charge on any atom is -0.492 e. The van der Waals surface area contributed by atoms with Crippen LogP contribution < -0.4 is 10.1 Å². The maximum atomic E-state index is 14.6. The summed E-state index contributed by atoms with van der Waals surface area (Å²) in [6, 6.07) is 7.62. The van der Waals surface area contributed by atoms with Crippen molar-refractivity contribution in [3.8, 4) is 16.9 Å². The van der Waals surface area contributed by atoms with Crippen LogP contribution >= 0.6 is 11.3 Å². The fourth-order valence-corrected chi connectivity index (χ4v) is 7.01. The second-order valence-corrected chi connectivity index (χ2v) is 12.9. The zero-order valence-electron chi connectivity index (χ0n) is 25.7. The van der Waals surface area contributed by atoms with Crippen molar-refractivity contribution in [1.82, 2.24) is 29.2 Å². The van der Waals surface area contributed by atoms with E-state index in [1.165, 1.54) is 34.6 Å². The predicted molar refractivity (Wildman–Crippen MR) is 172 cm³/mol. The van der Waals surface area contributed by atoms with Crippen LogP contribution in [0.5, 0.6) is 5.75 Å². The smallest absolute Gasteiger partial charge is 0.264 e. The van der Waals surface area contributed by atoms with E-state index in [2.05, 4.69) is 20.2 Å². The van der Waals surface area contributed by atoms with Crippen molar-refractivity contribution in [3.63, 3.8) is 0 Å². The van der Waals surface area contributed by atoms with Gasteiger partial charge in [-0.3, -0.25) is 19.7 Å². The van der Waals surface area contributed by atoms with E-state index in [4.69, 9.17) is 9.84 Å². The topological polar surface area (TPSA) is 110 Å². The number of ether oxygens (including phenoxy) is 1. The number of nitrogens with zero attached hydrogens (tertiary/aromatic N) is 6. The number of aryl methyl sites for hydroxylation is 1. The van der Waals surface area contributed by atoms with Gasteiger partial charge in [0.2, 0.25) is 0 Å². The second-order valence-electron chi connectivity index (χ2n) is 12.0. The molecule has 7 rings (SSSR count). The highest BCUT2D eigenvalue weighted by atomic mass is 32.1. The Bertz CT molecular complexity index is 1870. The Labute approximate surface area is 272 Å². The standard InChI is InChI=1S/C33H34F3N7O3S/c1-19-24(20-2-4-23(5-3-20)46-12-11-41-9-6-22(44)7-10-41)15-25(31(35)36)26-17-43(40-28(19)26)30(32(45)39-33-37-8-13-47-33)29-27-14-21(34)16-42(27)18-38-29/h2-5,8,13,15,17-18,21-22,30-31,44H,6-7,9-12,14,16H2,1H3,(H,37,39,45)/t21-,30?/m1/s1. The van der Waals surface area contributed by atoms with Crippen molar-refractivity contribution in [2.24, 2.45) is 0 Å². The summed E-state index contributed by atoms with van der Waals surface area (Å²) < 4.78 is 52.5. The minimum atomic E-state index is -2.81. The highest BCUT2D eigenvalue weighted by Crippen LogP contribution is 2.38. The van der Waals surface area contributed by atoms with Crippen LogP contribution in [-0.2, 0) is 17.8 Å². The number of imidazole rings is 1. The zero-order chi connectivity index (χ0) is 32.7. The van der Waals surface area contributed by atoms with Gasteiger partial charge in [-0.15, -0.1) is 11.3 Å². The summed E-state index contributed by atoms with van der Waals surface area (Å²) in [5.74, 6) is 0.154. The molecule has 0 radical (unpaired) electrons.